The summed E-state index contributed by atoms with van der Waals surface area (Å²) in [5, 5.41) is 0. The van der Waals surface area contributed by atoms with E-state index in [1.807, 2.05) is 0 Å². The Hall–Kier alpha value is -0.780. The zero-order valence-electron chi connectivity index (χ0n) is 9.59. The van der Waals surface area contributed by atoms with E-state index in [0.29, 0.717) is 5.92 Å². The third kappa shape index (κ3) is 6.39. The Labute approximate surface area is 83.0 Å². The van der Waals surface area contributed by atoms with E-state index in [-0.39, 0.29) is 0 Å². The summed E-state index contributed by atoms with van der Waals surface area (Å²) in [7, 11) is 0. The van der Waals surface area contributed by atoms with Gasteiger partial charge in [-0.05, 0) is 31.8 Å². The zero-order valence-corrected chi connectivity index (χ0v) is 9.59. The van der Waals surface area contributed by atoms with Crippen LogP contribution in [0, 0.1) is 5.92 Å². The molecule has 0 atom stereocenters. The molecule has 0 aromatic rings. The lowest BCUT2D eigenvalue weighted by atomic mass is 10.1. The molecule has 0 radical (unpaired) electrons. The maximum absolute atomic E-state index is 2.25. The molecule has 0 nitrogen and oxygen atoms in total. The van der Waals surface area contributed by atoms with Crippen LogP contribution in [0.25, 0.3) is 0 Å². The summed E-state index contributed by atoms with van der Waals surface area (Å²) in [6.45, 7) is 10.8. The van der Waals surface area contributed by atoms with Crippen molar-refractivity contribution in [3.8, 4) is 0 Å². The molecule has 0 aromatic carbocycles. The SMILES string of the molecule is C/C=C(C)/C=C(/C=C\C(C)C)CC. The molecule has 0 amide bonds. The topological polar surface area (TPSA) is 0 Å². The highest BCUT2D eigenvalue weighted by Crippen LogP contribution is 2.09. The van der Waals surface area contributed by atoms with Gasteiger partial charge < -0.3 is 0 Å². The van der Waals surface area contributed by atoms with Crippen LogP contribution in [0.15, 0.2) is 35.5 Å². The molecule has 0 unspecified atom stereocenters. The van der Waals surface area contributed by atoms with E-state index in [9.17, 15) is 0 Å². The van der Waals surface area contributed by atoms with Crippen molar-refractivity contribution < 1.29 is 0 Å². The Kier molecular flexibility index (Phi) is 6.30. The maximum Gasteiger partial charge on any atom is -0.0287 e. The Morgan fingerprint density at radius 1 is 1.31 bits per heavy atom. The van der Waals surface area contributed by atoms with Crippen LogP contribution in [0.4, 0.5) is 0 Å². The second-order valence-electron chi connectivity index (χ2n) is 3.71. The second-order valence-corrected chi connectivity index (χ2v) is 3.71. The van der Waals surface area contributed by atoms with Gasteiger partial charge in [-0.15, -0.1) is 0 Å². The van der Waals surface area contributed by atoms with Crippen molar-refractivity contribution in [2.45, 2.75) is 41.0 Å². The Morgan fingerprint density at radius 2 is 1.92 bits per heavy atom. The van der Waals surface area contributed by atoms with Crippen LogP contribution in [-0.4, -0.2) is 0 Å². The van der Waals surface area contributed by atoms with Crippen molar-refractivity contribution in [3.63, 3.8) is 0 Å². The smallest absolute Gasteiger partial charge is 0.0287 e. The van der Waals surface area contributed by atoms with Gasteiger partial charge in [-0.3, -0.25) is 0 Å². The number of rotatable bonds is 4. The molecule has 0 bridgehead atoms. The first kappa shape index (κ1) is 12.2. The predicted octanol–water partition coefficient (Wildman–Crippen LogP) is 4.50. The molecule has 0 rings (SSSR count). The van der Waals surface area contributed by atoms with Crippen LogP contribution in [0.1, 0.15) is 41.0 Å². The number of allylic oxidation sites excluding steroid dienone is 6. The molecule has 0 saturated carbocycles. The highest BCUT2D eigenvalue weighted by Gasteiger charge is 1.90. The van der Waals surface area contributed by atoms with Gasteiger partial charge in [0.2, 0.25) is 0 Å². The van der Waals surface area contributed by atoms with Gasteiger partial charge >= 0.3 is 0 Å². The summed E-state index contributed by atoms with van der Waals surface area (Å²) >= 11 is 0. The zero-order chi connectivity index (χ0) is 10.3. The highest BCUT2D eigenvalue weighted by molar-refractivity contribution is 5.28. The fourth-order valence-electron chi connectivity index (χ4n) is 0.960. The van der Waals surface area contributed by atoms with Crippen LogP contribution >= 0.6 is 0 Å². The van der Waals surface area contributed by atoms with Gasteiger partial charge in [-0.25, -0.2) is 0 Å². The minimum absolute atomic E-state index is 0.640. The summed E-state index contributed by atoms with van der Waals surface area (Å²) in [5.74, 6) is 0.640. The van der Waals surface area contributed by atoms with E-state index in [2.05, 4.69) is 58.9 Å². The lowest BCUT2D eigenvalue weighted by Crippen LogP contribution is -1.81. The fraction of sp³-hybridized carbons (Fsp3) is 0.538. The first-order chi connectivity index (χ1) is 6.10. The van der Waals surface area contributed by atoms with E-state index in [1.165, 1.54) is 11.1 Å². The first-order valence-electron chi connectivity index (χ1n) is 5.11. The maximum atomic E-state index is 2.25. The van der Waals surface area contributed by atoms with Crippen LogP contribution < -0.4 is 0 Å². The quantitative estimate of drug-likeness (QED) is 0.556. The molecular weight excluding hydrogens is 156 g/mol. The van der Waals surface area contributed by atoms with Gasteiger partial charge in [0.1, 0.15) is 0 Å². The summed E-state index contributed by atoms with van der Waals surface area (Å²) in [5.41, 5.74) is 2.74. The van der Waals surface area contributed by atoms with Gasteiger partial charge in [0.15, 0.2) is 0 Å². The van der Waals surface area contributed by atoms with Crippen LogP contribution in [0.5, 0.6) is 0 Å². The van der Waals surface area contributed by atoms with Crippen molar-refractivity contribution in [2.75, 3.05) is 0 Å². The summed E-state index contributed by atoms with van der Waals surface area (Å²) in [6.07, 6.45) is 9.97. The summed E-state index contributed by atoms with van der Waals surface area (Å²) < 4.78 is 0. The lowest BCUT2D eigenvalue weighted by Gasteiger charge is -1.99. The van der Waals surface area contributed by atoms with Crippen LogP contribution in [0.2, 0.25) is 0 Å². The predicted molar refractivity (Wildman–Crippen MR) is 61.8 cm³/mol. The standard InChI is InChI=1S/C13H22/c1-6-12(5)10-13(7-2)9-8-11(3)4/h6,8-11H,7H2,1-5H3/b9-8-,12-6+,13-10+. The minimum Gasteiger partial charge on any atom is -0.0847 e. The summed E-state index contributed by atoms with van der Waals surface area (Å²) in [6, 6.07) is 0. The molecule has 0 aromatic heterocycles. The van der Waals surface area contributed by atoms with E-state index < -0.39 is 0 Å². The van der Waals surface area contributed by atoms with E-state index in [0.717, 1.165) is 6.42 Å². The normalized spacial score (nSPS) is 14.6. The number of hydrogen-bond acceptors (Lipinski definition) is 0. The fourth-order valence-corrected chi connectivity index (χ4v) is 0.960. The van der Waals surface area contributed by atoms with Gasteiger partial charge in [0, 0.05) is 0 Å². The van der Waals surface area contributed by atoms with Crippen molar-refractivity contribution in [2.24, 2.45) is 5.92 Å². The average Bonchev–Trinajstić information content (AvgIpc) is 2.11. The Morgan fingerprint density at radius 3 is 2.31 bits per heavy atom. The van der Waals surface area contributed by atoms with Crippen molar-refractivity contribution in [1.82, 2.24) is 0 Å². The molecular formula is C13H22. The van der Waals surface area contributed by atoms with Crippen LogP contribution in [-0.2, 0) is 0 Å². The van der Waals surface area contributed by atoms with Crippen molar-refractivity contribution in [3.05, 3.63) is 35.5 Å². The molecule has 0 N–H and O–H groups in total. The van der Waals surface area contributed by atoms with Gasteiger partial charge in [0.05, 0.1) is 0 Å². The molecule has 0 saturated heterocycles. The monoisotopic (exact) mass is 178 g/mol. The van der Waals surface area contributed by atoms with Gasteiger partial charge in [-0.1, -0.05) is 50.6 Å². The van der Waals surface area contributed by atoms with Crippen LogP contribution in [0.3, 0.4) is 0 Å². The van der Waals surface area contributed by atoms with E-state index >= 15 is 0 Å². The molecule has 0 aliphatic carbocycles. The Balaban J connectivity index is 4.43. The minimum atomic E-state index is 0.640. The third-order valence-corrected chi connectivity index (χ3v) is 1.97. The number of hydrogen-bond donors (Lipinski definition) is 0. The molecule has 0 heterocycles. The van der Waals surface area contributed by atoms with E-state index in [1.54, 1.807) is 0 Å². The third-order valence-electron chi connectivity index (χ3n) is 1.97. The van der Waals surface area contributed by atoms with Crippen molar-refractivity contribution >= 4 is 0 Å². The van der Waals surface area contributed by atoms with E-state index in [4.69, 9.17) is 0 Å². The molecule has 0 heteroatoms. The lowest BCUT2D eigenvalue weighted by molar-refractivity contribution is 0.829. The first-order valence-corrected chi connectivity index (χ1v) is 5.11. The summed E-state index contributed by atoms with van der Waals surface area (Å²) in [4.78, 5) is 0. The molecule has 0 spiro atoms. The van der Waals surface area contributed by atoms with Gasteiger partial charge in [-0.2, -0.15) is 0 Å². The molecule has 13 heavy (non-hydrogen) atoms. The molecule has 0 aliphatic heterocycles. The molecule has 0 fully saturated rings. The second kappa shape index (κ2) is 6.71. The average molecular weight is 178 g/mol. The van der Waals surface area contributed by atoms with Gasteiger partial charge in [0.25, 0.3) is 0 Å². The Bertz CT molecular complexity index is 214. The molecule has 0 aliphatic rings. The largest absolute Gasteiger partial charge is 0.0847 e. The molecule has 74 valence electrons. The highest BCUT2D eigenvalue weighted by atomic mass is 14.0. The van der Waals surface area contributed by atoms with Crippen molar-refractivity contribution in [1.29, 1.82) is 0 Å².